The number of hydrogen-bond acceptors (Lipinski definition) is 5. The smallest absolute Gasteiger partial charge is 0.264 e. The molecule has 1 fully saturated rings. The zero-order chi connectivity index (χ0) is 31.1. The van der Waals surface area contributed by atoms with Gasteiger partial charge < -0.3 is 15.0 Å². The third-order valence-electron chi connectivity index (χ3n) is 7.68. The van der Waals surface area contributed by atoms with Crippen molar-refractivity contribution in [3.8, 4) is 5.75 Å². The third kappa shape index (κ3) is 8.22. The number of sulfonamides is 1. The molecule has 4 rings (SSSR count). The van der Waals surface area contributed by atoms with Crippen LogP contribution in [0.25, 0.3) is 0 Å². The van der Waals surface area contributed by atoms with Crippen molar-refractivity contribution in [1.82, 2.24) is 10.2 Å². The number of anilines is 1. The van der Waals surface area contributed by atoms with Crippen molar-refractivity contribution >= 4 is 50.7 Å². The van der Waals surface area contributed by atoms with Crippen LogP contribution in [0.3, 0.4) is 0 Å². The second-order valence-corrected chi connectivity index (χ2v) is 13.5. The highest BCUT2D eigenvalue weighted by Gasteiger charge is 2.33. The lowest BCUT2D eigenvalue weighted by Gasteiger charge is -2.33. The molecule has 0 aromatic heterocycles. The van der Waals surface area contributed by atoms with Gasteiger partial charge in [0.1, 0.15) is 18.3 Å². The van der Waals surface area contributed by atoms with E-state index in [4.69, 9.17) is 27.9 Å². The van der Waals surface area contributed by atoms with Gasteiger partial charge in [-0.2, -0.15) is 0 Å². The number of halogens is 2. The molecule has 0 unspecified atom stereocenters. The number of ether oxygens (including phenoxy) is 1. The SMILES string of the molecule is COc1cccc(CN(C(=O)CN(c2ccc(Cl)c(Cl)c2)S(=O)(=O)c2ccc(C)cc2)[C@@H](C)C(=O)NC2CCCCC2)c1. The molecule has 0 bridgehead atoms. The number of nitrogens with one attached hydrogen (secondary N) is 1. The van der Waals surface area contributed by atoms with Crippen molar-refractivity contribution in [3.63, 3.8) is 0 Å². The first-order valence-corrected chi connectivity index (χ1v) is 16.5. The maximum absolute atomic E-state index is 14.2. The van der Waals surface area contributed by atoms with Crippen LogP contribution in [0.1, 0.15) is 50.2 Å². The van der Waals surface area contributed by atoms with E-state index in [-0.39, 0.29) is 39.1 Å². The Kier molecular flexibility index (Phi) is 11.0. The molecule has 0 heterocycles. The molecule has 1 aliphatic carbocycles. The van der Waals surface area contributed by atoms with Gasteiger partial charge >= 0.3 is 0 Å². The van der Waals surface area contributed by atoms with Crippen LogP contribution in [0.2, 0.25) is 10.0 Å². The molecule has 1 saturated carbocycles. The molecule has 1 aliphatic rings. The molecule has 8 nitrogen and oxygen atoms in total. The summed E-state index contributed by atoms with van der Waals surface area (Å²) in [7, 11) is -2.67. The zero-order valence-corrected chi connectivity index (χ0v) is 26.9. The lowest BCUT2D eigenvalue weighted by Crippen LogP contribution is -2.53. The molecule has 230 valence electrons. The van der Waals surface area contributed by atoms with Gasteiger partial charge in [0.2, 0.25) is 11.8 Å². The predicted molar refractivity (Wildman–Crippen MR) is 170 cm³/mol. The topological polar surface area (TPSA) is 96.0 Å². The predicted octanol–water partition coefficient (Wildman–Crippen LogP) is 6.37. The van der Waals surface area contributed by atoms with Crippen LogP contribution in [0.15, 0.2) is 71.6 Å². The van der Waals surface area contributed by atoms with Crippen molar-refractivity contribution in [3.05, 3.63) is 87.9 Å². The molecule has 1 atom stereocenters. The molecule has 11 heteroatoms. The quantitative estimate of drug-likeness (QED) is 0.261. The molecule has 3 aromatic carbocycles. The summed E-state index contributed by atoms with van der Waals surface area (Å²) in [5.74, 6) is -0.245. The van der Waals surface area contributed by atoms with E-state index in [2.05, 4.69) is 5.32 Å². The highest BCUT2D eigenvalue weighted by atomic mass is 35.5. The Morgan fingerprint density at radius 1 is 0.977 bits per heavy atom. The standard InChI is InChI=1S/C32H37Cl2N3O5S/c1-22-12-15-28(16-13-22)43(40,41)37(26-14-17-29(33)30(34)19-26)21-31(38)36(20-24-8-7-11-27(18-24)42-3)23(2)32(39)35-25-9-5-4-6-10-25/h7-8,11-19,23,25H,4-6,9-10,20-21H2,1-3H3,(H,35,39)/t23-/m0/s1. The Morgan fingerprint density at radius 2 is 1.67 bits per heavy atom. The first-order valence-electron chi connectivity index (χ1n) is 14.3. The van der Waals surface area contributed by atoms with Gasteiger partial charge in [-0.05, 0) is 74.7 Å². The Labute approximate surface area is 264 Å². The molecular weight excluding hydrogens is 609 g/mol. The molecule has 3 aromatic rings. The number of carbonyl (C=O) groups is 2. The minimum absolute atomic E-state index is 0.0133. The van der Waals surface area contributed by atoms with Crippen LogP contribution in [0.4, 0.5) is 5.69 Å². The van der Waals surface area contributed by atoms with Crippen LogP contribution in [0, 0.1) is 6.92 Å². The fourth-order valence-electron chi connectivity index (χ4n) is 5.13. The van der Waals surface area contributed by atoms with Crippen molar-refractivity contribution in [2.75, 3.05) is 18.0 Å². The van der Waals surface area contributed by atoms with E-state index >= 15 is 0 Å². The molecule has 0 saturated heterocycles. The van der Waals surface area contributed by atoms with Gasteiger partial charge in [0, 0.05) is 12.6 Å². The van der Waals surface area contributed by atoms with E-state index in [1.165, 1.54) is 35.2 Å². The number of methoxy groups -OCH3 is 1. The number of rotatable bonds is 11. The Bertz CT molecular complexity index is 1540. The van der Waals surface area contributed by atoms with Crippen molar-refractivity contribution in [2.24, 2.45) is 0 Å². The number of carbonyl (C=O) groups excluding carboxylic acids is 2. The van der Waals surface area contributed by atoms with Crippen LogP contribution in [-0.2, 0) is 26.2 Å². The van der Waals surface area contributed by atoms with Crippen LogP contribution in [-0.4, -0.2) is 50.9 Å². The summed E-state index contributed by atoms with van der Waals surface area (Å²) in [6.07, 6.45) is 5.01. The fraction of sp³-hybridized carbons (Fsp3) is 0.375. The van der Waals surface area contributed by atoms with Gasteiger partial charge in [-0.3, -0.25) is 13.9 Å². The molecule has 0 spiro atoms. The van der Waals surface area contributed by atoms with Gasteiger partial charge in [-0.15, -0.1) is 0 Å². The van der Waals surface area contributed by atoms with Crippen molar-refractivity contribution in [1.29, 1.82) is 0 Å². The highest BCUT2D eigenvalue weighted by Crippen LogP contribution is 2.31. The van der Waals surface area contributed by atoms with Gasteiger partial charge in [0.05, 0.1) is 27.7 Å². The van der Waals surface area contributed by atoms with Gasteiger partial charge in [-0.1, -0.05) is 72.3 Å². The average Bonchev–Trinajstić information content (AvgIpc) is 3.00. The summed E-state index contributed by atoms with van der Waals surface area (Å²) in [6, 6.07) is 17.1. The largest absolute Gasteiger partial charge is 0.497 e. The minimum Gasteiger partial charge on any atom is -0.497 e. The molecule has 43 heavy (non-hydrogen) atoms. The van der Waals surface area contributed by atoms with Gasteiger partial charge in [0.25, 0.3) is 10.0 Å². The monoisotopic (exact) mass is 645 g/mol. The van der Waals surface area contributed by atoms with Gasteiger partial charge in [-0.25, -0.2) is 8.42 Å². The summed E-state index contributed by atoms with van der Waals surface area (Å²) in [5.41, 5.74) is 1.79. The van der Waals surface area contributed by atoms with E-state index in [1.807, 2.05) is 13.0 Å². The molecule has 1 N–H and O–H groups in total. The normalized spacial score (nSPS) is 14.5. The Morgan fingerprint density at radius 3 is 2.33 bits per heavy atom. The number of aryl methyl sites for hydroxylation is 1. The highest BCUT2D eigenvalue weighted by molar-refractivity contribution is 7.92. The second kappa shape index (κ2) is 14.5. The molecule has 2 amide bonds. The number of benzene rings is 3. The molecular formula is C32H37Cl2N3O5S. The Balaban J connectivity index is 1.70. The first kappa shape index (κ1) is 32.6. The summed E-state index contributed by atoms with van der Waals surface area (Å²) in [4.78, 5) is 29.0. The lowest BCUT2D eigenvalue weighted by molar-refractivity contribution is -0.139. The maximum Gasteiger partial charge on any atom is 0.264 e. The summed E-state index contributed by atoms with van der Waals surface area (Å²) in [6.45, 7) is 3.01. The third-order valence-corrected chi connectivity index (χ3v) is 10.2. The van der Waals surface area contributed by atoms with Crippen LogP contribution < -0.4 is 14.4 Å². The van der Waals surface area contributed by atoms with Crippen LogP contribution >= 0.6 is 23.2 Å². The number of hydrogen-bond donors (Lipinski definition) is 1. The first-order chi connectivity index (χ1) is 20.5. The summed E-state index contributed by atoms with van der Waals surface area (Å²) >= 11 is 12.4. The second-order valence-electron chi connectivity index (χ2n) is 10.8. The summed E-state index contributed by atoms with van der Waals surface area (Å²) < 4.78 is 34.3. The number of amides is 2. The molecule has 0 aliphatic heterocycles. The van der Waals surface area contributed by atoms with Gasteiger partial charge in [0.15, 0.2) is 0 Å². The molecule has 0 radical (unpaired) electrons. The van der Waals surface area contributed by atoms with Crippen molar-refractivity contribution in [2.45, 2.75) is 69.5 Å². The van der Waals surface area contributed by atoms with E-state index in [9.17, 15) is 18.0 Å². The summed E-state index contributed by atoms with van der Waals surface area (Å²) in [5, 5.41) is 3.49. The maximum atomic E-state index is 14.2. The van der Waals surface area contributed by atoms with Crippen molar-refractivity contribution < 1.29 is 22.7 Å². The van der Waals surface area contributed by atoms with E-state index in [0.717, 1.165) is 47.5 Å². The Hall–Kier alpha value is -3.27. The van der Waals surface area contributed by atoms with E-state index in [0.29, 0.717) is 5.75 Å². The zero-order valence-electron chi connectivity index (χ0n) is 24.6. The minimum atomic E-state index is -4.22. The van der Waals surface area contributed by atoms with Crippen LogP contribution in [0.5, 0.6) is 5.75 Å². The lowest BCUT2D eigenvalue weighted by atomic mass is 9.95. The average molecular weight is 647 g/mol. The fourth-order valence-corrected chi connectivity index (χ4v) is 6.82. The van der Waals surface area contributed by atoms with E-state index < -0.39 is 28.5 Å². The van der Waals surface area contributed by atoms with E-state index in [1.54, 1.807) is 44.4 Å². The number of nitrogens with zero attached hydrogens (tertiary/aromatic N) is 2.